The van der Waals surface area contributed by atoms with Gasteiger partial charge in [0.2, 0.25) is 0 Å². The van der Waals surface area contributed by atoms with Crippen LogP contribution in [0.15, 0.2) is 0 Å². The van der Waals surface area contributed by atoms with Gasteiger partial charge in [-0.25, -0.2) is 0 Å². The average molecular weight is 187 g/mol. The van der Waals surface area contributed by atoms with Gasteiger partial charge >= 0.3 is 0 Å². The van der Waals surface area contributed by atoms with Crippen LogP contribution >= 0.6 is 0 Å². The fourth-order valence-electron chi connectivity index (χ4n) is 1.65. The lowest BCUT2D eigenvalue weighted by molar-refractivity contribution is 0.0658. The van der Waals surface area contributed by atoms with Gasteiger partial charge in [0.25, 0.3) is 0 Å². The molecule has 3 heteroatoms. The molecule has 0 atom stereocenters. The molecule has 1 saturated heterocycles. The molecule has 0 aromatic carbocycles. The lowest BCUT2D eigenvalue weighted by Gasteiger charge is -2.29. The van der Waals surface area contributed by atoms with Crippen LogP contribution in [0.1, 0.15) is 19.8 Å². The van der Waals surface area contributed by atoms with E-state index in [-0.39, 0.29) is 6.61 Å². The highest BCUT2D eigenvalue weighted by atomic mass is 16.5. The van der Waals surface area contributed by atoms with E-state index in [1.807, 2.05) is 0 Å². The van der Waals surface area contributed by atoms with E-state index in [1.165, 1.54) is 25.9 Å². The molecule has 0 unspecified atom stereocenters. The maximum Gasteiger partial charge on any atom is 0.0698 e. The summed E-state index contributed by atoms with van der Waals surface area (Å²) in [5, 5.41) is 8.50. The second-order valence-electron chi connectivity index (χ2n) is 3.86. The molecule has 13 heavy (non-hydrogen) atoms. The monoisotopic (exact) mass is 187 g/mol. The van der Waals surface area contributed by atoms with Crippen molar-refractivity contribution in [2.45, 2.75) is 19.8 Å². The molecule has 0 radical (unpaired) electrons. The Bertz CT molecular complexity index is 122. The Morgan fingerprint density at radius 2 is 2.00 bits per heavy atom. The number of nitrogens with zero attached hydrogens (tertiary/aromatic N) is 1. The van der Waals surface area contributed by atoms with E-state index < -0.39 is 0 Å². The lowest BCUT2D eigenvalue weighted by atomic mass is 9.99. The van der Waals surface area contributed by atoms with E-state index in [0.29, 0.717) is 6.61 Å². The average Bonchev–Trinajstić information content (AvgIpc) is 2.15. The summed E-state index contributed by atoms with van der Waals surface area (Å²) in [4.78, 5) is 2.44. The summed E-state index contributed by atoms with van der Waals surface area (Å²) in [5.41, 5.74) is 0. The molecule has 1 rings (SSSR count). The van der Waals surface area contributed by atoms with Crippen molar-refractivity contribution in [1.29, 1.82) is 0 Å². The van der Waals surface area contributed by atoms with Gasteiger partial charge in [-0.05, 0) is 31.8 Å². The van der Waals surface area contributed by atoms with Crippen LogP contribution in [0.2, 0.25) is 0 Å². The van der Waals surface area contributed by atoms with E-state index in [0.717, 1.165) is 19.1 Å². The zero-order valence-electron chi connectivity index (χ0n) is 8.54. The zero-order valence-corrected chi connectivity index (χ0v) is 8.54. The van der Waals surface area contributed by atoms with E-state index in [9.17, 15) is 0 Å². The second kappa shape index (κ2) is 6.35. The first-order valence-corrected chi connectivity index (χ1v) is 5.24. The Balaban J connectivity index is 1.96. The van der Waals surface area contributed by atoms with Gasteiger partial charge in [-0.15, -0.1) is 0 Å². The van der Waals surface area contributed by atoms with Crippen LogP contribution < -0.4 is 0 Å². The van der Waals surface area contributed by atoms with Crippen LogP contribution in [0.25, 0.3) is 0 Å². The van der Waals surface area contributed by atoms with E-state index in [4.69, 9.17) is 9.84 Å². The molecule has 1 N–H and O–H groups in total. The summed E-state index contributed by atoms with van der Waals surface area (Å²) in [6, 6.07) is 0. The number of likely N-dealkylation sites (tertiary alicyclic amines) is 1. The van der Waals surface area contributed by atoms with Gasteiger partial charge in [-0.1, -0.05) is 6.92 Å². The third kappa shape index (κ3) is 4.60. The van der Waals surface area contributed by atoms with Crippen molar-refractivity contribution in [3.63, 3.8) is 0 Å². The van der Waals surface area contributed by atoms with Crippen molar-refractivity contribution in [1.82, 2.24) is 4.90 Å². The second-order valence-corrected chi connectivity index (χ2v) is 3.86. The van der Waals surface area contributed by atoms with Gasteiger partial charge in [0.05, 0.1) is 19.8 Å². The van der Waals surface area contributed by atoms with Crippen molar-refractivity contribution in [2.75, 3.05) is 39.5 Å². The molecule has 3 nitrogen and oxygen atoms in total. The van der Waals surface area contributed by atoms with E-state index >= 15 is 0 Å². The molecule has 1 aliphatic heterocycles. The predicted molar refractivity (Wildman–Crippen MR) is 52.7 cm³/mol. The van der Waals surface area contributed by atoms with Crippen molar-refractivity contribution in [2.24, 2.45) is 5.92 Å². The van der Waals surface area contributed by atoms with Crippen LogP contribution in [0.4, 0.5) is 0 Å². The highest BCUT2D eigenvalue weighted by Gasteiger charge is 2.14. The van der Waals surface area contributed by atoms with Gasteiger partial charge in [-0.3, -0.25) is 0 Å². The Kier molecular flexibility index (Phi) is 5.35. The molecular formula is C10H21NO2. The molecule has 0 saturated carbocycles. The maximum atomic E-state index is 8.50. The number of piperidine rings is 1. The molecule has 0 spiro atoms. The number of aliphatic hydroxyl groups excluding tert-OH is 1. The van der Waals surface area contributed by atoms with Gasteiger partial charge < -0.3 is 14.7 Å². The molecule has 1 fully saturated rings. The summed E-state index contributed by atoms with van der Waals surface area (Å²) >= 11 is 0. The largest absolute Gasteiger partial charge is 0.394 e. The number of ether oxygens (including phenoxy) is 1. The molecule has 78 valence electrons. The van der Waals surface area contributed by atoms with Crippen molar-refractivity contribution >= 4 is 0 Å². The third-order valence-corrected chi connectivity index (χ3v) is 2.66. The number of rotatable bonds is 5. The SMILES string of the molecule is CC1CCN(CCOCCO)CC1. The fraction of sp³-hybridized carbons (Fsp3) is 1.00. The van der Waals surface area contributed by atoms with Crippen LogP contribution in [-0.2, 0) is 4.74 Å². The zero-order chi connectivity index (χ0) is 9.52. The standard InChI is InChI=1S/C10H21NO2/c1-10-2-4-11(5-3-10)6-8-13-9-7-12/h10,12H,2-9H2,1H3. The van der Waals surface area contributed by atoms with Crippen molar-refractivity contribution < 1.29 is 9.84 Å². The summed E-state index contributed by atoms with van der Waals surface area (Å²) in [6.07, 6.45) is 2.64. The van der Waals surface area contributed by atoms with E-state index in [1.54, 1.807) is 0 Å². The maximum absolute atomic E-state index is 8.50. The molecular weight excluding hydrogens is 166 g/mol. The molecule has 0 amide bonds. The number of aliphatic hydroxyl groups is 1. The summed E-state index contributed by atoms with van der Waals surface area (Å²) < 4.78 is 5.22. The van der Waals surface area contributed by atoms with Gasteiger partial charge in [0.1, 0.15) is 0 Å². The quantitative estimate of drug-likeness (QED) is 0.644. The van der Waals surface area contributed by atoms with E-state index in [2.05, 4.69) is 11.8 Å². The number of hydrogen-bond acceptors (Lipinski definition) is 3. The fourth-order valence-corrected chi connectivity index (χ4v) is 1.65. The van der Waals surface area contributed by atoms with Gasteiger partial charge in [0, 0.05) is 6.54 Å². The summed E-state index contributed by atoms with van der Waals surface area (Å²) in [6.45, 7) is 7.13. The first-order chi connectivity index (χ1) is 6.33. The Morgan fingerprint density at radius 1 is 1.31 bits per heavy atom. The van der Waals surface area contributed by atoms with Crippen molar-refractivity contribution in [3.8, 4) is 0 Å². The van der Waals surface area contributed by atoms with Crippen LogP contribution in [0, 0.1) is 5.92 Å². The number of hydrogen-bond donors (Lipinski definition) is 1. The lowest BCUT2D eigenvalue weighted by Crippen LogP contribution is -2.35. The molecule has 0 bridgehead atoms. The normalized spacial score (nSPS) is 20.8. The minimum absolute atomic E-state index is 0.136. The van der Waals surface area contributed by atoms with Crippen LogP contribution in [0.5, 0.6) is 0 Å². The first kappa shape index (κ1) is 11.0. The summed E-state index contributed by atoms with van der Waals surface area (Å²) in [7, 11) is 0. The highest BCUT2D eigenvalue weighted by Crippen LogP contribution is 2.15. The molecule has 0 aromatic heterocycles. The molecule has 1 aliphatic rings. The molecule has 0 aliphatic carbocycles. The topological polar surface area (TPSA) is 32.7 Å². The Labute approximate surface area is 80.7 Å². The summed E-state index contributed by atoms with van der Waals surface area (Å²) in [5.74, 6) is 0.898. The highest BCUT2D eigenvalue weighted by molar-refractivity contribution is 4.68. The third-order valence-electron chi connectivity index (χ3n) is 2.66. The van der Waals surface area contributed by atoms with Crippen molar-refractivity contribution in [3.05, 3.63) is 0 Å². The predicted octanol–water partition coefficient (Wildman–Crippen LogP) is 0.727. The molecule has 0 aromatic rings. The van der Waals surface area contributed by atoms with Gasteiger partial charge in [0.15, 0.2) is 0 Å². The van der Waals surface area contributed by atoms with Crippen LogP contribution in [-0.4, -0.2) is 49.5 Å². The Morgan fingerprint density at radius 3 is 2.62 bits per heavy atom. The first-order valence-electron chi connectivity index (χ1n) is 5.24. The Hall–Kier alpha value is -0.120. The van der Waals surface area contributed by atoms with Gasteiger partial charge in [-0.2, -0.15) is 0 Å². The van der Waals surface area contributed by atoms with Crippen LogP contribution in [0.3, 0.4) is 0 Å². The minimum atomic E-state index is 0.136. The molecule has 1 heterocycles. The minimum Gasteiger partial charge on any atom is -0.394 e. The smallest absolute Gasteiger partial charge is 0.0698 e.